The van der Waals surface area contributed by atoms with Gasteiger partial charge in [0, 0.05) is 0 Å². The van der Waals surface area contributed by atoms with E-state index in [0.717, 1.165) is 18.8 Å². The van der Waals surface area contributed by atoms with Gasteiger partial charge in [-0.25, -0.2) is 0 Å². The number of benzene rings is 1. The summed E-state index contributed by atoms with van der Waals surface area (Å²) >= 11 is -2.54. The second-order valence-electron chi connectivity index (χ2n) is 10.4. The molecular formula is C24H33NO4Se. The maximum atomic E-state index is 13.4. The van der Waals surface area contributed by atoms with Gasteiger partial charge in [-0.05, 0) is 0 Å². The molecule has 7 atom stereocenters. The van der Waals surface area contributed by atoms with Crippen molar-refractivity contribution >= 4 is 29.8 Å². The Morgan fingerprint density at radius 1 is 1.20 bits per heavy atom. The third-order valence-electron chi connectivity index (χ3n) is 8.80. The van der Waals surface area contributed by atoms with Gasteiger partial charge in [0.15, 0.2) is 0 Å². The Morgan fingerprint density at radius 3 is 2.63 bits per heavy atom. The molecule has 3 fully saturated rings. The Kier molecular flexibility index (Phi) is 5.78. The zero-order valence-electron chi connectivity index (χ0n) is 18.3. The van der Waals surface area contributed by atoms with Crippen LogP contribution in [0.15, 0.2) is 24.3 Å². The van der Waals surface area contributed by atoms with Gasteiger partial charge in [-0.15, -0.1) is 0 Å². The fourth-order valence-electron chi connectivity index (χ4n) is 7.18. The number of carbonyl (C=O) groups is 1. The predicted octanol–water partition coefficient (Wildman–Crippen LogP) is 5.06. The summed E-state index contributed by atoms with van der Waals surface area (Å²) in [6.07, 6.45) is 7.46. The molecule has 4 rings (SSSR count). The van der Waals surface area contributed by atoms with Crippen molar-refractivity contribution in [3.63, 3.8) is 0 Å². The van der Waals surface area contributed by atoms with Crippen LogP contribution in [0, 0.1) is 44.6 Å². The van der Waals surface area contributed by atoms with Gasteiger partial charge >= 0.3 is 183 Å². The molecule has 0 aliphatic heterocycles. The predicted molar refractivity (Wildman–Crippen MR) is 117 cm³/mol. The molecule has 0 amide bonds. The minimum atomic E-state index is -2.54. The molecule has 0 saturated heterocycles. The molecule has 1 aromatic carbocycles. The molecule has 164 valence electrons. The van der Waals surface area contributed by atoms with Crippen molar-refractivity contribution in [3.05, 3.63) is 34.4 Å². The van der Waals surface area contributed by atoms with Crippen LogP contribution in [0.1, 0.15) is 65.7 Å². The van der Waals surface area contributed by atoms with Crippen LogP contribution >= 0.6 is 0 Å². The third-order valence-corrected chi connectivity index (χ3v) is 12.1. The molecule has 3 aliphatic carbocycles. The monoisotopic (exact) mass is 479 g/mol. The molecule has 0 radical (unpaired) electrons. The molecule has 0 aromatic heterocycles. The standard InChI is InChI=1S/C24H33NO4Se/c1-16(26)8-10-19-17(15-30(29)21-7-5-4-6-20(21)25(27)28)9-11-22-23(19,2)13-12-18-14-24(18,22)3/h4-7,17-19,22H,8-15H2,1-3H3/t17-,18-,19-,22+,23+,24+,30?/m1/s1. The van der Waals surface area contributed by atoms with Crippen LogP contribution in [0.25, 0.3) is 0 Å². The van der Waals surface area contributed by atoms with Gasteiger partial charge in [0.1, 0.15) is 0 Å². The van der Waals surface area contributed by atoms with Gasteiger partial charge in [-0.1, -0.05) is 0 Å². The van der Waals surface area contributed by atoms with E-state index < -0.39 is 18.8 Å². The van der Waals surface area contributed by atoms with Gasteiger partial charge in [0.2, 0.25) is 0 Å². The van der Waals surface area contributed by atoms with Crippen LogP contribution < -0.4 is 4.46 Å². The first-order chi connectivity index (χ1) is 14.2. The summed E-state index contributed by atoms with van der Waals surface area (Å²) in [6, 6.07) is 6.52. The maximum absolute atomic E-state index is 13.4. The molecule has 3 saturated carbocycles. The van der Waals surface area contributed by atoms with Gasteiger partial charge < -0.3 is 0 Å². The summed E-state index contributed by atoms with van der Waals surface area (Å²) in [6.45, 7) is 6.55. The van der Waals surface area contributed by atoms with E-state index in [1.165, 1.54) is 31.7 Å². The number of hydrogen-bond donors (Lipinski definition) is 0. The van der Waals surface area contributed by atoms with Gasteiger partial charge in [0.05, 0.1) is 0 Å². The van der Waals surface area contributed by atoms with Crippen molar-refractivity contribution in [2.45, 2.75) is 71.0 Å². The Hall–Kier alpha value is -1.39. The van der Waals surface area contributed by atoms with E-state index in [4.69, 9.17) is 0 Å². The summed E-state index contributed by atoms with van der Waals surface area (Å²) in [5.41, 5.74) is 0.635. The van der Waals surface area contributed by atoms with Gasteiger partial charge in [-0.3, -0.25) is 0 Å². The molecule has 30 heavy (non-hydrogen) atoms. The molecule has 0 spiro atoms. The van der Waals surface area contributed by atoms with Crippen LogP contribution in [-0.4, -0.2) is 24.5 Å². The van der Waals surface area contributed by atoms with E-state index >= 15 is 0 Å². The van der Waals surface area contributed by atoms with E-state index in [0.29, 0.717) is 33.5 Å². The number of nitro benzene ring substituents is 1. The molecule has 1 aromatic rings. The summed E-state index contributed by atoms with van der Waals surface area (Å²) in [4.78, 5) is 22.8. The van der Waals surface area contributed by atoms with E-state index in [-0.39, 0.29) is 22.8 Å². The average Bonchev–Trinajstić information content (AvgIpc) is 3.38. The molecule has 0 bridgehead atoms. The fourth-order valence-corrected chi connectivity index (χ4v) is 10.5. The fraction of sp³-hybridized carbons (Fsp3) is 0.708. The molecule has 6 heteroatoms. The zero-order valence-corrected chi connectivity index (χ0v) is 20.0. The number of carbonyl (C=O) groups excluding carboxylic acids is 1. The zero-order chi connectivity index (χ0) is 21.7. The van der Waals surface area contributed by atoms with Crippen molar-refractivity contribution < 1.29 is 13.6 Å². The van der Waals surface area contributed by atoms with Crippen molar-refractivity contribution in [2.24, 2.45) is 34.5 Å². The first-order valence-corrected chi connectivity index (χ1v) is 14.0. The van der Waals surface area contributed by atoms with Crippen LogP contribution in [0.4, 0.5) is 5.69 Å². The van der Waals surface area contributed by atoms with Crippen molar-refractivity contribution in [1.82, 2.24) is 0 Å². The van der Waals surface area contributed by atoms with Crippen LogP contribution in [0.5, 0.6) is 0 Å². The summed E-state index contributed by atoms with van der Waals surface area (Å²) in [7, 11) is 0. The Balaban J connectivity index is 1.60. The van der Waals surface area contributed by atoms with E-state index in [2.05, 4.69) is 13.8 Å². The second-order valence-corrected chi connectivity index (χ2v) is 13.5. The van der Waals surface area contributed by atoms with E-state index in [1.54, 1.807) is 25.1 Å². The number of nitro groups is 1. The molecule has 0 N–H and O–H groups in total. The first-order valence-electron chi connectivity index (χ1n) is 11.3. The number of Topliss-reactive ketones (excluding diaryl/α,β-unsaturated/α-hetero) is 1. The van der Waals surface area contributed by atoms with Crippen LogP contribution in [0.2, 0.25) is 5.32 Å². The number of rotatable bonds is 7. The van der Waals surface area contributed by atoms with Gasteiger partial charge in [-0.2, -0.15) is 0 Å². The number of hydrogen-bond acceptors (Lipinski definition) is 4. The molecule has 5 nitrogen and oxygen atoms in total. The van der Waals surface area contributed by atoms with Crippen molar-refractivity contribution in [2.75, 3.05) is 0 Å². The summed E-state index contributed by atoms with van der Waals surface area (Å²) in [5, 5.41) is 12.0. The number of fused-ring (bicyclic) bond motifs is 3. The number of para-hydroxylation sites is 1. The Labute approximate surface area is 183 Å². The van der Waals surface area contributed by atoms with Crippen molar-refractivity contribution in [1.29, 1.82) is 0 Å². The molecule has 3 aliphatic rings. The third kappa shape index (κ3) is 3.71. The number of ketones is 1. The van der Waals surface area contributed by atoms with Crippen LogP contribution in [0.3, 0.4) is 0 Å². The molecule has 1 unspecified atom stereocenters. The van der Waals surface area contributed by atoms with Gasteiger partial charge in [0.25, 0.3) is 0 Å². The van der Waals surface area contributed by atoms with E-state index in [9.17, 15) is 18.7 Å². The van der Waals surface area contributed by atoms with Crippen molar-refractivity contribution in [3.8, 4) is 0 Å². The number of nitrogens with zero attached hydrogens (tertiary/aromatic N) is 1. The van der Waals surface area contributed by atoms with E-state index in [1.807, 2.05) is 0 Å². The quantitative estimate of drug-likeness (QED) is 0.312. The average molecular weight is 478 g/mol. The van der Waals surface area contributed by atoms with Crippen LogP contribution in [-0.2, 0) is 8.63 Å². The topological polar surface area (TPSA) is 77.3 Å². The Bertz CT molecular complexity index is 886. The minimum absolute atomic E-state index is 0.0105. The first kappa shape index (κ1) is 21.8. The molecular weight excluding hydrogens is 445 g/mol. The summed E-state index contributed by atoms with van der Waals surface area (Å²) < 4.78 is 13.8. The Morgan fingerprint density at radius 2 is 1.93 bits per heavy atom. The summed E-state index contributed by atoms with van der Waals surface area (Å²) in [5.74, 6) is 2.44. The SMILES string of the molecule is CC(=O)CC[C@@H]1[C@@H](C[Se](=O)c2ccccc2[N+](=O)[O-])CC[C@@H]2[C@@]3(C)C[C@H]3CC[C@]21C. The normalized spacial score (nSPS) is 38.2. The molecule has 0 heterocycles. The second kappa shape index (κ2) is 7.94.